The fourth-order valence-corrected chi connectivity index (χ4v) is 1.49. The van der Waals surface area contributed by atoms with Gasteiger partial charge in [0, 0.05) is 0 Å². The lowest BCUT2D eigenvalue weighted by atomic mass is 9.96. The van der Waals surface area contributed by atoms with E-state index in [2.05, 4.69) is 9.47 Å². The summed E-state index contributed by atoms with van der Waals surface area (Å²) in [5, 5.41) is 0. The summed E-state index contributed by atoms with van der Waals surface area (Å²) < 4.78 is 45.9. The van der Waals surface area contributed by atoms with Crippen molar-refractivity contribution in [3.05, 3.63) is 0 Å². The van der Waals surface area contributed by atoms with E-state index in [1.165, 1.54) is 0 Å². The van der Waals surface area contributed by atoms with Gasteiger partial charge in [-0.2, -0.15) is 13.2 Å². The maximum atomic E-state index is 12.2. The smallest absolute Gasteiger partial charge is 0.414 e. The Kier molecular flexibility index (Phi) is 4.03. The van der Waals surface area contributed by atoms with Gasteiger partial charge in [-0.15, -0.1) is 0 Å². The van der Waals surface area contributed by atoms with Crippen molar-refractivity contribution in [3.63, 3.8) is 0 Å². The zero-order valence-electron chi connectivity index (χ0n) is 9.71. The molecule has 0 aromatic carbocycles. The average molecular weight is 255 g/mol. The van der Waals surface area contributed by atoms with E-state index >= 15 is 0 Å². The third-order valence-corrected chi connectivity index (χ3v) is 2.90. The van der Waals surface area contributed by atoms with Crippen molar-refractivity contribution in [1.29, 1.82) is 0 Å². The van der Waals surface area contributed by atoms with Crippen molar-refractivity contribution >= 4 is 5.97 Å². The molecule has 0 radical (unpaired) electrons. The average Bonchev–Trinajstić information content (AvgIpc) is 3.06. The first-order valence-electron chi connectivity index (χ1n) is 5.27. The van der Waals surface area contributed by atoms with Gasteiger partial charge in [0.25, 0.3) is 0 Å². The van der Waals surface area contributed by atoms with Crippen molar-refractivity contribution < 1.29 is 27.4 Å². The number of hydrogen-bond acceptors (Lipinski definition) is 4. The summed E-state index contributed by atoms with van der Waals surface area (Å²) in [6.07, 6.45) is -5.00. The molecule has 1 rings (SSSR count). The molecular formula is C10H16F3NO3. The number of nitrogens with two attached hydrogens (primary N) is 1. The minimum atomic E-state index is -4.46. The Morgan fingerprint density at radius 3 is 2.35 bits per heavy atom. The number of methoxy groups -OCH3 is 1. The van der Waals surface area contributed by atoms with Crippen molar-refractivity contribution in [2.24, 2.45) is 11.7 Å². The lowest BCUT2D eigenvalue weighted by Gasteiger charge is -2.28. The molecule has 1 aliphatic carbocycles. The van der Waals surface area contributed by atoms with Crippen LogP contribution in [0.25, 0.3) is 0 Å². The number of alkyl halides is 3. The van der Waals surface area contributed by atoms with Crippen LogP contribution in [0.2, 0.25) is 0 Å². The van der Waals surface area contributed by atoms with E-state index in [0.29, 0.717) is 12.8 Å². The fourth-order valence-electron chi connectivity index (χ4n) is 1.49. The highest BCUT2D eigenvalue weighted by molar-refractivity contribution is 5.81. The van der Waals surface area contributed by atoms with Crippen LogP contribution in [0.5, 0.6) is 0 Å². The van der Waals surface area contributed by atoms with Crippen LogP contribution in [0.15, 0.2) is 0 Å². The van der Waals surface area contributed by atoms with E-state index in [1.807, 2.05) is 0 Å². The quantitative estimate of drug-likeness (QED) is 0.751. The van der Waals surface area contributed by atoms with Crippen molar-refractivity contribution in [1.82, 2.24) is 0 Å². The maximum absolute atomic E-state index is 12.2. The van der Waals surface area contributed by atoms with Crippen molar-refractivity contribution in [3.8, 4) is 0 Å². The molecule has 4 nitrogen and oxygen atoms in total. The zero-order valence-corrected chi connectivity index (χ0v) is 9.71. The molecule has 0 heterocycles. The summed E-state index contributed by atoms with van der Waals surface area (Å²) >= 11 is 0. The van der Waals surface area contributed by atoms with Crippen LogP contribution in [-0.2, 0) is 14.3 Å². The lowest BCUT2D eigenvalue weighted by molar-refractivity contribution is -0.219. The standard InChI is InChI=1S/C10H16F3NO3/c1-6(10(11,12)13)17-5-9(14,7-3-4-7)8(15)16-2/h6-7H,3-5,14H2,1-2H3. The number of carbonyl (C=O) groups is 1. The van der Waals surface area contributed by atoms with Crippen LogP contribution in [0.3, 0.4) is 0 Å². The first-order chi connectivity index (χ1) is 7.71. The fraction of sp³-hybridized carbons (Fsp3) is 0.900. The SMILES string of the molecule is COC(=O)C(N)(COC(C)C(F)(F)F)C1CC1. The summed E-state index contributed by atoms with van der Waals surface area (Å²) in [4.78, 5) is 11.5. The first kappa shape index (κ1) is 14.2. The summed E-state index contributed by atoms with van der Waals surface area (Å²) in [5.74, 6) is -0.884. The molecule has 17 heavy (non-hydrogen) atoms. The van der Waals surface area contributed by atoms with Gasteiger partial charge in [-0.3, -0.25) is 0 Å². The Hall–Kier alpha value is -0.820. The molecule has 0 aromatic rings. The topological polar surface area (TPSA) is 61.5 Å². The molecule has 2 unspecified atom stereocenters. The second-order valence-electron chi connectivity index (χ2n) is 4.30. The Bertz CT molecular complexity index is 291. The molecule has 7 heteroatoms. The lowest BCUT2D eigenvalue weighted by Crippen LogP contribution is -2.55. The molecule has 0 bridgehead atoms. The van der Waals surface area contributed by atoms with Crippen LogP contribution < -0.4 is 5.73 Å². The van der Waals surface area contributed by atoms with Crippen LogP contribution in [-0.4, -0.2) is 37.5 Å². The van der Waals surface area contributed by atoms with Gasteiger partial charge in [0.15, 0.2) is 6.10 Å². The molecular weight excluding hydrogens is 239 g/mol. The van der Waals surface area contributed by atoms with Crippen LogP contribution in [0, 0.1) is 5.92 Å². The second-order valence-corrected chi connectivity index (χ2v) is 4.30. The van der Waals surface area contributed by atoms with E-state index in [-0.39, 0.29) is 5.92 Å². The molecule has 1 aliphatic rings. The van der Waals surface area contributed by atoms with E-state index in [0.717, 1.165) is 14.0 Å². The Balaban J connectivity index is 2.60. The number of hydrogen-bond donors (Lipinski definition) is 1. The molecule has 2 N–H and O–H groups in total. The Morgan fingerprint density at radius 2 is 2.00 bits per heavy atom. The summed E-state index contributed by atoms with van der Waals surface area (Å²) in [5.41, 5.74) is 4.32. The summed E-state index contributed by atoms with van der Waals surface area (Å²) in [6, 6.07) is 0. The number of carbonyl (C=O) groups excluding carboxylic acids is 1. The molecule has 0 aromatic heterocycles. The van der Waals surface area contributed by atoms with Gasteiger partial charge < -0.3 is 15.2 Å². The molecule has 100 valence electrons. The summed E-state index contributed by atoms with van der Waals surface area (Å²) in [7, 11) is 1.15. The van der Waals surface area contributed by atoms with E-state index < -0.39 is 30.4 Å². The molecule has 0 saturated heterocycles. The third-order valence-electron chi connectivity index (χ3n) is 2.90. The monoisotopic (exact) mass is 255 g/mol. The zero-order chi connectivity index (χ0) is 13.3. The molecule has 1 saturated carbocycles. The largest absolute Gasteiger partial charge is 0.468 e. The molecule has 1 fully saturated rings. The van der Waals surface area contributed by atoms with Gasteiger partial charge in [-0.25, -0.2) is 4.79 Å². The van der Waals surface area contributed by atoms with Crippen LogP contribution >= 0.6 is 0 Å². The number of halogens is 3. The van der Waals surface area contributed by atoms with Gasteiger partial charge in [-0.05, 0) is 25.7 Å². The number of rotatable bonds is 5. The third kappa shape index (κ3) is 3.32. The molecule has 0 aliphatic heterocycles. The first-order valence-corrected chi connectivity index (χ1v) is 5.27. The van der Waals surface area contributed by atoms with Crippen molar-refractivity contribution in [2.75, 3.05) is 13.7 Å². The molecule has 0 spiro atoms. The summed E-state index contributed by atoms with van der Waals surface area (Å²) in [6.45, 7) is 0.398. The van der Waals surface area contributed by atoms with Crippen LogP contribution in [0.1, 0.15) is 19.8 Å². The normalized spacial score (nSPS) is 21.8. The highest BCUT2D eigenvalue weighted by Crippen LogP contribution is 2.39. The number of ether oxygens (including phenoxy) is 2. The number of esters is 1. The van der Waals surface area contributed by atoms with Gasteiger partial charge >= 0.3 is 12.1 Å². The van der Waals surface area contributed by atoms with Gasteiger partial charge in [0.1, 0.15) is 5.54 Å². The predicted molar refractivity (Wildman–Crippen MR) is 53.1 cm³/mol. The Labute approximate surface area is 97.2 Å². The van der Waals surface area contributed by atoms with Gasteiger partial charge in [0.05, 0.1) is 13.7 Å². The van der Waals surface area contributed by atoms with E-state index in [4.69, 9.17) is 5.73 Å². The highest BCUT2D eigenvalue weighted by Gasteiger charge is 2.50. The Morgan fingerprint density at radius 1 is 1.47 bits per heavy atom. The predicted octanol–water partition coefficient (Wildman–Crippen LogP) is 1.23. The second kappa shape index (κ2) is 4.81. The minimum Gasteiger partial charge on any atom is -0.468 e. The van der Waals surface area contributed by atoms with E-state index in [9.17, 15) is 18.0 Å². The minimum absolute atomic E-state index is 0.157. The molecule has 2 atom stereocenters. The van der Waals surface area contributed by atoms with Gasteiger partial charge in [0.2, 0.25) is 0 Å². The van der Waals surface area contributed by atoms with E-state index in [1.54, 1.807) is 0 Å². The molecule has 0 amide bonds. The highest BCUT2D eigenvalue weighted by atomic mass is 19.4. The van der Waals surface area contributed by atoms with Crippen LogP contribution in [0.4, 0.5) is 13.2 Å². The van der Waals surface area contributed by atoms with Crippen molar-refractivity contribution in [2.45, 2.75) is 37.6 Å². The van der Waals surface area contributed by atoms with Gasteiger partial charge in [-0.1, -0.05) is 0 Å². The maximum Gasteiger partial charge on any atom is 0.414 e.